The van der Waals surface area contributed by atoms with Crippen molar-refractivity contribution in [3.05, 3.63) is 64.2 Å². The van der Waals surface area contributed by atoms with E-state index in [0.29, 0.717) is 23.7 Å². The van der Waals surface area contributed by atoms with Crippen LogP contribution in [-0.4, -0.2) is 35.8 Å². The molecule has 0 N–H and O–H groups in total. The summed E-state index contributed by atoms with van der Waals surface area (Å²) in [6.07, 6.45) is 0. The predicted molar refractivity (Wildman–Crippen MR) is 100 cm³/mol. The van der Waals surface area contributed by atoms with Crippen LogP contribution in [0.2, 0.25) is 5.02 Å². The maximum Gasteiger partial charge on any atom is 0.254 e. The third-order valence-electron chi connectivity index (χ3n) is 4.74. The van der Waals surface area contributed by atoms with E-state index in [-0.39, 0.29) is 11.8 Å². The van der Waals surface area contributed by atoms with Gasteiger partial charge in [-0.25, -0.2) is 0 Å². The van der Waals surface area contributed by atoms with Gasteiger partial charge in [0.2, 0.25) is 5.91 Å². The minimum atomic E-state index is -0.513. The van der Waals surface area contributed by atoms with Crippen molar-refractivity contribution in [2.75, 3.05) is 18.0 Å². The Bertz CT molecular complexity index is 817. The van der Waals surface area contributed by atoms with Gasteiger partial charge in [-0.05, 0) is 50.6 Å². The Kier molecular flexibility index (Phi) is 4.82. The van der Waals surface area contributed by atoms with E-state index in [1.54, 1.807) is 16.7 Å². The van der Waals surface area contributed by atoms with Crippen molar-refractivity contribution in [2.45, 2.75) is 26.8 Å². The maximum atomic E-state index is 12.9. The molecule has 2 amide bonds. The van der Waals surface area contributed by atoms with Crippen LogP contribution in [0.4, 0.5) is 5.69 Å². The van der Waals surface area contributed by atoms with E-state index in [4.69, 9.17) is 11.6 Å². The standard InChI is InChI=1S/C20H21ClN2O2/c1-13-7-9-16(10-8-13)20(25)22-11-12-23(19(24)15(22)3)18-6-4-5-17(21)14(18)2/h4-10,15H,11-12H2,1-3H3/t15-/m0/s1. The monoisotopic (exact) mass is 356 g/mol. The molecule has 0 unspecified atom stereocenters. The Morgan fingerprint density at radius 2 is 1.76 bits per heavy atom. The molecule has 2 aromatic carbocycles. The largest absolute Gasteiger partial charge is 0.325 e. The number of aryl methyl sites for hydroxylation is 1. The lowest BCUT2D eigenvalue weighted by atomic mass is 10.1. The molecule has 0 radical (unpaired) electrons. The van der Waals surface area contributed by atoms with E-state index in [1.165, 1.54) is 0 Å². The summed E-state index contributed by atoms with van der Waals surface area (Å²) < 4.78 is 0. The van der Waals surface area contributed by atoms with Crippen molar-refractivity contribution in [1.82, 2.24) is 4.90 Å². The summed E-state index contributed by atoms with van der Waals surface area (Å²) in [6.45, 7) is 6.61. The van der Waals surface area contributed by atoms with Crippen LogP contribution in [0.3, 0.4) is 0 Å². The van der Waals surface area contributed by atoms with Gasteiger partial charge in [0.1, 0.15) is 6.04 Å². The van der Waals surface area contributed by atoms with E-state index in [0.717, 1.165) is 16.8 Å². The molecule has 0 bridgehead atoms. The van der Waals surface area contributed by atoms with Crippen molar-refractivity contribution in [2.24, 2.45) is 0 Å². The molecule has 0 spiro atoms. The first kappa shape index (κ1) is 17.5. The van der Waals surface area contributed by atoms with Crippen LogP contribution in [0.5, 0.6) is 0 Å². The van der Waals surface area contributed by atoms with Crippen molar-refractivity contribution >= 4 is 29.1 Å². The second-order valence-corrected chi connectivity index (χ2v) is 6.82. The Balaban J connectivity index is 1.83. The van der Waals surface area contributed by atoms with Crippen molar-refractivity contribution < 1.29 is 9.59 Å². The minimum Gasteiger partial charge on any atom is -0.325 e. The number of carbonyl (C=O) groups excluding carboxylic acids is 2. The van der Waals surface area contributed by atoms with Crippen LogP contribution in [0.15, 0.2) is 42.5 Å². The summed E-state index contributed by atoms with van der Waals surface area (Å²) in [6, 6.07) is 12.5. The van der Waals surface area contributed by atoms with Gasteiger partial charge >= 0.3 is 0 Å². The van der Waals surface area contributed by atoms with Crippen LogP contribution in [-0.2, 0) is 4.79 Å². The molecular formula is C20H21ClN2O2. The zero-order valence-electron chi connectivity index (χ0n) is 14.6. The Hall–Kier alpha value is -2.33. The van der Waals surface area contributed by atoms with E-state index in [9.17, 15) is 9.59 Å². The number of benzene rings is 2. The van der Waals surface area contributed by atoms with Gasteiger partial charge in [0.05, 0.1) is 0 Å². The van der Waals surface area contributed by atoms with E-state index < -0.39 is 6.04 Å². The number of hydrogen-bond acceptors (Lipinski definition) is 2. The van der Waals surface area contributed by atoms with E-state index in [2.05, 4.69) is 0 Å². The number of hydrogen-bond donors (Lipinski definition) is 0. The molecule has 1 aliphatic heterocycles. The van der Waals surface area contributed by atoms with Gasteiger partial charge in [0, 0.05) is 29.4 Å². The Labute approximate surface area is 153 Å². The summed E-state index contributed by atoms with van der Waals surface area (Å²) >= 11 is 6.19. The first-order valence-corrected chi connectivity index (χ1v) is 8.72. The normalized spacial score (nSPS) is 17.8. The lowest BCUT2D eigenvalue weighted by molar-refractivity contribution is -0.124. The van der Waals surface area contributed by atoms with Gasteiger partial charge in [0.15, 0.2) is 0 Å². The van der Waals surface area contributed by atoms with Gasteiger partial charge in [-0.1, -0.05) is 35.4 Å². The number of rotatable bonds is 2. The van der Waals surface area contributed by atoms with Gasteiger partial charge < -0.3 is 9.80 Å². The number of amides is 2. The molecule has 1 atom stereocenters. The van der Waals surface area contributed by atoms with Crippen LogP contribution < -0.4 is 4.90 Å². The lowest BCUT2D eigenvalue weighted by Gasteiger charge is -2.39. The van der Waals surface area contributed by atoms with Crippen LogP contribution in [0.25, 0.3) is 0 Å². The highest BCUT2D eigenvalue weighted by atomic mass is 35.5. The highest BCUT2D eigenvalue weighted by Crippen LogP contribution is 2.29. The Morgan fingerprint density at radius 1 is 1.08 bits per heavy atom. The molecule has 1 saturated heterocycles. The number of piperazine rings is 1. The maximum absolute atomic E-state index is 12.9. The smallest absolute Gasteiger partial charge is 0.254 e. The molecule has 0 aliphatic carbocycles. The highest BCUT2D eigenvalue weighted by Gasteiger charge is 2.35. The molecule has 130 valence electrons. The first-order chi connectivity index (χ1) is 11.9. The fourth-order valence-electron chi connectivity index (χ4n) is 3.14. The van der Waals surface area contributed by atoms with Gasteiger partial charge in [-0.15, -0.1) is 0 Å². The molecule has 0 aromatic heterocycles. The molecule has 1 aliphatic rings. The number of anilines is 1. The molecule has 1 fully saturated rings. The number of carbonyl (C=O) groups is 2. The first-order valence-electron chi connectivity index (χ1n) is 8.34. The average Bonchev–Trinajstić information content (AvgIpc) is 2.60. The van der Waals surface area contributed by atoms with Crippen molar-refractivity contribution in [3.63, 3.8) is 0 Å². The van der Waals surface area contributed by atoms with Crippen LogP contribution in [0, 0.1) is 13.8 Å². The second-order valence-electron chi connectivity index (χ2n) is 6.41. The molecule has 0 saturated carbocycles. The fraction of sp³-hybridized carbons (Fsp3) is 0.300. The predicted octanol–water partition coefficient (Wildman–Crippen LogP) is 3.83. The SMILES string of the molecule is Cc1ccc(C(=O)N2CCN(c3cccc(Cl)c3C)C(=O)[C@@H]2C)cc1. The zero-order valence-corrected chi connectivity index (χ0v) is 15.4. The average molecular weight is 357 g/mol. The molecule has 5 heteroatoms. The van der Waals surface area contributed by atoms with Gasteiger partial charge in [-0.2, -0.15) is 0 Å². The highest BCUT2D eigenvalue weighted by molar-refractivity contribution is 6.31. The number of halogens is 1. The third-order valence-corrected chi connectivity index (χ3v) is 5.15. The van der Waals surface area contributed by atoms with E-state index >= 15 is 0 Å². The molecule has 2 aromatic rings. The molecule has 25 heavy (non-hydrogen) atoms. The van der Waals surface area contributed by atoms with Crippen LogP contribution in [0.1, 0.15) is 28.4 Å². The topological polar surface area (TPSA) is 40.6 Å². The molecule has 1 heterocycles. The third kappa shape index (κ3) is 3.27. The zero-order chi connectivity index (χ0) is 18.1. The quantitative estimate of drug-likeness (QED) is 0.820. The van der Waals surface area contributed by atoms with Crippen molar-refractivity contribution in [1.29, 1.82) is 0 Å². The van der Waals surface area contributed by atoms with E-state index in [1.807, 2.05) is 56.3 Å². The van der Waals surface area contributed by atoms with Gasteiger partial charge in [-0.3, -0.25) is 9.59 Å². The number of nitrogens with zero attached hydrogens (tertiary/aromatic N) is 2. The second kappa shape index (κ2) is 6.89. The lowest BCUT2D eigenvalue weighted by Crippen LogP contribution is -2.57. The minimum absolute atomic E-state index is 0.0860. The summed E-state index contributed by atoms with van der Waals surface area (Å²) in [7, 11) is 0. The Morgan fingerprint density at radius 3 is 2.44 bits per heavy atom. The molecular weight excluding hydrogens is 336 g/mol. The molecule has 3 rings (SSSR count). The summed E-state index contributed by atoms with van der Waals surface area (Å²) in [5.41, 5.74) is 3.40. The fourth-order valence-corrected chi connectivity index (χ4v) is 3.31. The summed E-state index contributed by atoms with van der Waals surface area (Å²) in [5.74, 6) is -0.194. The van der Waals surface area contributed by atoms with Crippen LogP contribution >= 0.6 is 11.6 Å². The molecule has 4 nitrogen and oxygen atoms in total. The van der Waals surface area contributed by atoms with Gasteiger partial charge in [0.25, 0.3) is 5.91 Å². The van der Waals surface area contributed by atoms with Crippen molar-refractivity contribution in [3.8, 4) is 0 Å². The summed E-state index contributed by atoms with van der Waals surface area (Å²) in [4.78, 5) is 29.0. The summed E-state index contributed by atoms with van der Waals surface area (Å²) in [5, 5.41) is 0.635.